The van der Waals surface area contributed by atoms with Crippen molar-refractivity contribution in [2.45, 2.75) is 6.04 Å². The van der Waals surface area contributed by atoms with Gasteiger partial charge in [0, 0.05) is 19.3 Å². The average molecular weight is 305 g/mol. The Bertz CT molecular complexity index is 732. The van der Waals surface area contributed by atoms with E-state index in [0.717, 1.165) is 6.07 Å². The summed E-state index contributed by atoms with van der Waals surface area (Å²) < 4.78 is 18.3. The number of fused-ring (bicyclic) bond motifs is 1. The third kappa shape index (κ3) is 2.48. The van der Waals surface area contributed by atoms with Gasteiger partial charge in [0.05, 0.1) is 0 Å². The maximum atomic E-state index is 12.8. The zero-order valence-electron chi connectivity index (χ0n) is 11.5. The number of aromatic amines is 1. The standard InChI is InChI=1S/C13H12FN5O3/c1-19-11-9(3-2-4-15-11)22-6-8(13(19)21)16-12(20)7-5-10(14)18-17-7/h2-5,8H,6H2,1H3,(H,16,20)(H,17,18). The molecule has 22 heavy (non-hydrogen) atoms. The van der Waals surface area contributed by atoms with Crippen LogP contribution in [0.15, 0.2) is 24.4 Å². The van der Waals surface area contributed by atoms with E-state index in [9.17, 15) is 14.0 Å². The molecule has 2 aromatic rings. The number of rotatable bonds is 2. The highest BCUT2D eigenvalue weighted by atomic mass is 19.1. The number of ether oxygens (including phenoxy) is 1. The Morgan fingerprint density at radius 2 is 2.41 bits per heavy atom. The lowest BCUT2D eigenvalue weighted by atomic mass is 10.2. The molecule has 0 aromatic carbocycles. The largest absolute Gasteiger partial charge is 0.487 e. The first-order valence-corrected chi connectivity index (χ1v) is 6.43. The first kappa shape index (κ1) is 14.0. The van der Waals surface area contributed by atoms with Crippen LogP contribution in [0.3, 0.4) is 0 Å². The van der Waals surface area contributed by atoms with E-state index < -0.39 is 17.9 Å². The Labute approximate surface area is 124 Å². The van der Waals surface area contributed by atoms with Crippen LogP contribution in [0.2, 0.25) is 0 Å². The van der Waals surface area contributed by atoms with Gasteiger partial charge in [-0.05, 0) is 12.1 Å². The molecule has 2 amide bonds. The third-order valence-electron chi connectivity index (χ3n) is 3.19. The van der Waals surface area contributed by atoms with Crippen LogP contribution in [0.1, 0.15) is 10.5 Å². The van der Waals surface area contributed by atoms with Crippen LogP contribution in [-0.2, 0) is 4.79 Å². The second-order valence-corrected chi connectivity index (χ2v) is 4.66. The van der Waals surface area contributed by atoms with Crippen molar-refractivity contribution in [3.63, 3.8) is 0 Å². The van der Waals surface area contributed by atoms with Crippen molar-refractivity contribution in [1.29, 1.82) is 0 Å². The SMILES string of the molecule is CN1C(=O)C(NC(=O)c2cc(F)[nH]n2)COc2cccnc21. The molecule has 2 aromatic heterocycles. The summed E-state index contributed by atoms with van der Waals surface area (Å²) in [6.45, 7) is -0.0550. The van der Waals surface area contributed by atoms with Crippen LogP contribution in [0.5, 0.6) is 5.75 Å². The average Bonchev–Trinajstić information content (AvgIpc) is 2.92. The lowest BCUT2D eigenvalue weighted by molar-refractivity contribution is -0.120. The van der Waals surface area contributed by atoms with Gasteiger partial charge >= 0.3 is 0 Å². The second-order valence-electron chi connectivity index (χ2n) is 4.66. The van der Waals surface area contributed by atoms with E-state index in [1.807, 2.05) is 5.10 Å². The van der Waals surface area contributed by atoms with Crippen LogP contribution >= 0.6 is 0 Å². The zero-order chi connectivity index (χ0) is 15.7. The Morgan fingerprint density at radius 3 is 3.14 bits per heavy atom. The van der Waals surface area contributed by atoms with Gasteiger partial charge in [-0.25, -0.2) is 4.98 Å². The smallest absolute Gasteiger partial charge is 0.272 e. The Balaban J connectivity index is 1.79. The number of anilines is 1. The highest BCUT2D eigenvalue weighted by Gasteiger charge is 2.31. The van der Waals surface area contributed by atoms with Gasteiger partial charge in [0.15, 0.2) is 17.3 Å². The molecule has 1 unspecified atom stereocenters. The van der Waals surface area contributed by atoms with E-state index >= 15 is 0 Å². The highest BCUT2D eigenvalue weighted by Crippen LogP contribution is 2.27. The second kappa shape index (κ2) is 5.43. The van der Waals surface area contributed by atoms with Gasteiger partial charge in [-0.1, -0.05) is 0 Å². The first-order chi connectivity index (χ1) is 10.6. The number of halogens is 1. The summed E-state index contributed by atoms with van der Waals surface area (Å²) in [6.07, 6.45) is 1.54. The molecule has 1 aliphatic rings. The molecule has 3 rings (SSSR count). The molecule has 0 bridgehead atoms. The molecule has 0 radical (unpaired) electrons. The minimum Gasteiger partial charge on any atom is -0.487 e. The van der Waals surface area contributed by atoms with E-state index in [-0.39, 0.29) is 18.2 Å². The molecule has 0 aliphatic carbocycles. The van der Waals surface area contributed by atoms with Crippen LogP contribution in [0, 0.1) is 5.95 Å². The molecule has 114 valence electrons. The fourth-order valence-electron chi connectivity index (χ4n) is 2.08. The topological polar surface area (TPSA) is 100 Å². The molecule has 0 spiro atoms. The lowest BCUT2D eigenvalue weighted by Crippen LogP contribution is -2.49. The Kier molecular flexibility index (Phi) is 3.45. The summed E-state index contributed by atoms with van der Waals surface area (Å²) >= 11 is 0. The van der Waals surface area contributed by atoms with Crippen molar-refractivity contribution < 1.29 is 18.7 Å². The number of hydrogen-bond acceptors (Lipinski definition) is 5. The van der Waals surface area contributed by atoms with E-state index in [2.05, 4.69) is 15.4 Å². The van der Waals surface area contributed by atoms with Crippen LogP contribution in [-0.4, -0.2) is 46.7 Å². The number of carbonyl (C=O) groups is 2. The van der Waals surface area contributed by atoms with E-state index in [1.54, 1.807) is 12.1 Å². The molecule has 1 aliphatic heterocycles. The summed E-state index contributed by atoms with van der Waals surface area (Å²) in [7, 11) is 1.54. The molecule has 0 saturated heterocycles. The maximum absolute atomic E-state index is 12.8. The van der Waals surface area contributed by atoms with Crippen molar-refractivity contribution in [3.8, 4) is 5.75 Å². The van der Waals surface area contributed by atoms with E-state index in [4.69, 9.17) is 4.74 Å². The molecular formula is C13H12FN5O3. The van der Waals surface area contributed by atoms with Gasteiger partial charge in [-0.2, -0.15) is 9.49 Å². The minimum atomic E-state index is -0.925. The molecule has 1 atom stereocenters. The van der Waals surface area contributed by atoms with Gasteiger partial charge in [0.25, 0.3) is 11.8 Å². The molecule has 0 fully saturated rings. The summed E-state index contributed by atoms with van der Waals surface area (Å²) in [6, 6.07) is 3.38. The summed E-state index contributed by atoms with van der Waals surface area (Å²) in [5.41, 5.74) is -0.146. The van der Waals surface area contributed by atoms with Crippen molar-refractivity contribution in [2.75, 3.05) is 18.6 Å². The molecule has 0 saturated carbocycles. The fourth-order valence-corrected chi connectivity index (χ4v) is 2.08. The minimum absolute atomic E-state index is 0.0550. The monoisotopic (exact) mass is 305 g/mol. The molecular weight excluding hydrogens is 293 g/mol. The number of amides is 2. The highest BCUT2D eigenvalue weighted by molar-refractivity contribution is 6.02. The predicted octanol–water partition coefficient (Wildman–Crippen LogP) is 0.0976. The normalized spacial score (nSPS) is 17.5. The number of likely N-dealkylation sites (N-methyl/N-ethyl adjacent to an activating group) is 1. The van der Waals surface area contributed by atoms with E-state index in [0.29, 0.717) is 11.6 Å². The molecule has 9 heteroatoms. The van der Waals surface area contributed by atoms with Crippen molar-refractivity contribution in [3.05, 3.63) is 36.0 Å². The van der Waals surface area contributed by atoms with Gasteiger partial charge in [-0.15, -0.1) is 0 Å². The quantitative estimate of drug-likeness (QED) is 0.819. The molecule has 3 heterocycles. The first-order valence-electron chi connectivity index (χ1n) is 6.43. The Hall–Kier alpha value is -2.97. The van der Waals surface area contributed by atoms with Crippen molar-refractivity contribution in [2.24, 2.45) is 0 Å². The zero-order valence-corrected chi connectivity index (χ0v) is 11.5. The van der Waals surface area contributed by atoms with Crippen molar-refractivity contribution in [1.82, 2.24) is 20.5 Å². The summed E-state index contributed by atoms with van der Waals surface area (Å²) in [5, 5.41) is 7.99. The fraction of sp³-hybridized carbons (Fsp3) is 0.231. The van der Waals surface area contributed by atoms with Crippen LogP contribution in [0.4, 0.5) is 10.2 Å². The van der Waals surface area contributed by atoms with E-state index in [1.165, 1.54) is 18.1 Å². The summed E-state index contributed by atoms with van der Waals surface area (Å²) in [5.74, 6) is -0.977. The number of H-pyrrole nitrogens is 1. The van der Waals surface area contributed by atoms with Crippen LogP contribution < -0.4 is 15.0 Å². The predicted molar refractivity (Wildman–Crippen MR) is 72.9 cm³/mol. The molecule has 2 N–H and O–H groups in total. The Morgan fingerprint density at radius 1 is 1.59 bits per heavy atom. The number of aromatic nitrogens is 3. The van der Waals surface area contributed by atoms with Crippen molar-refractivity contribution >= 4 is 17.6 Å². The van der Waals surface area contributed by atoms with Crippen LogP contribution in [0.25, 0.3) is 0 Å². The number of carbonyl (C=O) groups excluding carboxylic acids is 2. The molecule has 8 nitrogen and oxygen atoms in total. The van der Waals surface area contributed by atoms with Gasteiger partial charge in [0.2, 0.25) is 5.95 Å². The summed E-state index contributed by atoms with van der Waals surface area (Å²) in [4.78, 5) is 29.7. The van der Waals surface area contributed by atoms with Gasteiger partial charge < -0.3 is 10.1 Å². The number of nitrogens with one attached hydrogen (secondary N) is 2. The number of pyridine rings is 1. The third-order valence-corrected chi connectivity index (χ3v) is 3.19. The maximum Gasteiger partial charge on any atom is 0.272 e. The number of hydrogen-bond donors (Lipinski definition) is 2. The van der Waals surface area contributed by atoms with Gasteiger partial charge in [0.1, 0.15) is 12.6 Å². The van der Waals surface area contributed by atoms with Gasteiger partial charge in [-0.3, -0.25) is 19.6 Å². The lowest BCUT2D eigenvalue weighted by Gasteiger charge is -2.19. The number of nitrogens with zero attached hydrogens (tertiary/aromatic N) is 3.